The molecule has 0 fully saturated rings. The number of nitrogens with one attached hydrogen (secondary N) is 2. The van der Waals surface area contributed by atoms with Crippen LogP contribution in [0.3, 0.4) is 0 Å². The molecule has 23 heavy (non-hydrogen) atoms. The van der Waals surface area contributed by atoms with Crippen molar-refractivity contribution in [3.8, 4) is 5.75 Å². The van der Waals surface area contributed by atoms with Crippen molar-refractivity contribution in [2.24, 2.45) is 7.05 Å². The molecule has 1 heterocycles. The summed E-state index contributed by atoms with van der Waals surface area (Å²) < 4.78 is 7.50. The van der Waals surface area contributed by atoms with Gasteiger partial charge in [-0.05, 0) is 32.4 Å². The van der Waals surface area contributed by atoms with Gasteiger partial charge in [0.1, 0.15) is 18.7 Å². The van der Waals surface area contributed by atoms with E-state index in [9.17, 15) is 4.79 Å². The minimum absolute atomic E-state index is 0.124. The summed E-state index contributed by atoms with van der Waals surface area (Å²) in [5, 5.41) is 13.5. The lowest BCUT2D eigenvalue weighted by Gasteiger charge is -2.18. The first-order valence-corrected chi connectivity index (χ1v) is 7.56. The first-order chi connectivity index (χ1) is 11.0. The second-order valence-electron chi connectivity index (χ2n) is 5.62. The van der Waals surface area contributed by atoms with E-state index >= 15 is 0 Å². The molecule has 124 valence electrons. The quantitative estimate of drug-likeness (QED) is 0.853. The monoisotopic (exact) mass is 317 g/mol. The molecule has 2 aromatic rings. The van der Waals surface area contributed by atoms with Gasteiger partial charge in [0.25, 0.3) is 0 Å². The van der Waals surface area contributed by atoms with E-state index in [4.69, 9.17) is 4.74 Å². The van der Waals surface area contributed by atoms with E-state index in [1.807, 2.05) is 52.1 Å². The number of aromatic nitrogens is 3. The van der Waals surface area contributed by atoms with Crippen LogP contribution in [0.15, 0.2) is 30.6 Å². The molecule has 1 aromatic carbocycles. The molecule has 0 unspecified atom stereocenters. The highest BCUT2D eigenvalue weighted by Gasteiger charge is 2.15. The zero-order chi connectivity index (χ0) is 16.8. The van der Waals surface area contributed by atoms with E-state index in [1.54, 1.807) is 10.9 Å². The minimum atomic E-state index is -0.263. The summed E-state index contributed by atoms with van der Waals surface area (Å²) in [6, 6.07) is 7.18. The molecule has 0 aliphatic heterocycles. The highest BCUT2D eigenvalue weighted by Crippen LogP contribution is 2.16. The fraction of sp³-hybridized carbons (Fsp3) is 0.438. The highest BCUT2D eigenvalue weighted by atomic mass is 16.5. The van der Waals surface area contributed by atoms with Crippen LogP contribution in [0.1, 0.15) is 31.3 Å². The number of nitrogens with zero attached hydrogens (tertiary/aromatic N) is 3. The Labute approximate surface area is 136 Å². The summed E-state index contributed by atoms with van der Waals surface area (Å²) in [6.45, 7) is 6.14. The number of amides is 2. The lowest BCUT2D eigenvalue weighted by molar-refractivity contribution is 0.223. The third-order valence-corrected chi connectivity index (χ3v) is 3.44. The molecule has 0 saturated heterocycles. The van der Waals surface area contributed by atoms with Gasteiger partial charge in [-0.2, -0.15) is 0 Å². The van der Waals surface area contributed by atoms with Gasteiger partial charge in [-0.15, -0.1) is 10.2 Å². The number of aryl methyl sites for hydroxylation is 2. The predicted octanol–water partition coefficient (Wildman–Crippen LogP) is 1.95. The zero-order valence-corrected chi connectivity index (χ0v) is 13.9. The number of urea groups is 1. The van der Waals surface area contributed by atoms with Gasteiger partial charge >= 0.3 is 6.03 Å². The molecule has 0 spiro atoms. The first kappa shape index (κ1) is 16.8. The van der Waals surface area contributed by atoms with E-state index in [0.29, 0.717) is 12.4 Å². The predicted molar refractivity (Wildman–Crippen MR) is 87.2 cm³/mol. The molecule has 0 saturated carbocycles. The Morgan fingerprint density at radius 2 is 2.04 bits per heavy atom. The molecule has 0 aliphatic rings. The smallest absolute Gasteiger partial charge is 0.315 e. The standard InChI is InChI=1S/C16H23N5O2/c1-11-7-5-6-8-14(11)23-9-12(2)18-16(22)19-13(3)15-20-17-10-21(15)4/h5-8,10,12-13H,9H2,1-4H3,(H2,18,19,22)/t12-,13-/m0/s1. The fourth-order valence-corrected chi connectivity index (χ4v) is 2.19. The molecule has 0 radical (unpaired) electrons. The van der Waals surface area contributed by atoms with Gasteiger partial charge in [-0.3, -0.25) is 0 Å². The van der Waals surface area contributed by atoms with Crippen molar-refractivity contribution in [3.63, 3.8) is 0 Å². The fourth-order valence-electron chi connectivity index (χ4n) is 2.19. The van der Waals surface area contributed by atoms with Gasteiger partial charge in [-0.1, -0.05) is 18.2 Å². The Morgan fingerprint density at radius 3 is 2.70 bits per heavy atom. The molecular weight excluding hydrogens is 294 g/mol. The molecule has 7 nitrogen and oxygen atoms in total. The topological polar surface area (TPSA) is 81.1 Å². The molecule has 2 rings (SSSR count). The maximum Gasteiger partial charge on any atom is 0.315 e. The molecule has 2 atom stereocenters. The Kier molecular flexibility index (Phi) is 5.56. The summed E-state index contributed by atoms with van der Waals surface area (Å²) in [6.07, 6.45) is 1.60. The Balaban J connectivity index is 1.78. The van der Waals surface area contributed by atoms with Crippen LogP contribution in [-0.4, -0.2) is 33.4 Å². The number of carbonyl (C=O) groups is 1. The van der Waals surface area contributed by atoms with E-state index in [2.05, 4.69) is 20.8 Å². The van der Waals surface area contributed by atoms with Crippen LogP contribution in [0.5, 0.6) is 5.75 Å². The van der Waals surface area contributed by atoms with E-state index in [0.717, 1.165) is 11.3 Å². The lowest BCUT2D eigenvalue weighted by Crippen LogP contribution is -2.44. The number of carbonyl (C=O) groups excluding carboxylic acids is 1. The van der Waals surface area contributed by atoms with Crippen LogP contribution in [0, 0.1) is 6.92 Å². The Bertz CT molecular complexity index is 655. The zero-order valence-electron chi connectivity index (χ0n) is 13.9. The minimum Gasteiger partial charge on any atom is -0.491 e. The number of para-hydroxylation sites is 1. The number of rotatable bonds is 6. The summed E-state index contributed by atoms with van der Waals surface area (Å²) >= 11 is 0. The lowest BCUT2D eigenvalue weighted by atomic mass is 10.2. The average Bonchev–Trinajstić information content (AvgIpc) is 2.92. The summed E-state index contributed by atoms with van der Waals surface area (Å²) in [5.74, 6) is 1.53. The van der Waals surface area contributed by atoms with Crippen molar-refractivity contribution < 1.29 is 9.53 Å². The second-order valence-corrected chi connectivity index (χ2v) is 5.62. The third-order valence-electron chi connectivity index (χ3n) is 3.44. The largest absolute Gasteiger partial charge is 0.491 e. The molecule has 0 aliphatic carbocycles. The van der Waals surface area contributed by atoms with Crippen molar-refractivity contribution in [1.82, 2.24) is 25.4 Å². The van der Waals surface area contributed by atoms with Crippen molar-refractivity contribution in [3.05, 3.63) is 42.0 Å². The molecular formula is C16H23N5O2. The number of benzene rings is 1. The molecule has 2 amide bonds. The van der Waals surface area contributed by atoms with Gasteiger partial charge in [0.15, 0.2) is 5.82 Å². The van der Waals surface area contributed by atoms with Crippen molar-refractivity contribution >= 4 is 6.03 Å². The van der Waals surface area contributed by atoms with Crippen LogP contribution in [0.2, 0.25) is 0 Å². The Hall–Kier alpha value is -2.57. The van der Waals surface area contributed by atoms with Crippen LogP contribution in [-0.2, 0) is 7.05 Å². The molecule has 0 bridgehead atoms. The molecule has 1 aromatic heterocycles. The van der Waals surface area contributed by atoms with E-state index < -0.39 is 0 Å². The highest BCUT2D eigenvalue weighted by molar-refractivity contribution is 5.74. The summed E-state index contributed by atoms with van der Waals surface area (Å²) in [4.78, 5) is 12.0. The second kappa shape index (κ2) is 7.62. The van der Waals surface area contributed by atoms with Crippen LogP contribution < -0.4 is 15.4 Å². The number of ether oxygens (including phenoxy) is 1. The summed E-state index contributed by atoms with van der Waals surface area (Å²) in [7, 11) is 1.84. The van der Waals surface area contributed by atoms with Gasteiger partial charge in [-0.25, -0.2) is 4.79 Å². The number of hydrogen-bond donors (Lipinski definition) is 2. The maximum absolute atomic E-state index is 12.0. The molecule has 7 heteroatoms. The van der Waals surface area contributed by atoms with Gasteiger partial charge < -0.3 is 19.9 Å². The van der Waals surface area contributed by atoms with Crippen LogP contribution >= 0.6 is 0 Å². The normalized spacial score (nSPS) is 13.2. The van der Waals surface area contributed by atoms with E-state index in [1.165, 1.54) is 0 Å². The van der Waals surface area contributed by atoms with Gasteiger partial charge in [0.2, 0.25) is 0 Å². The van der Waals surface area contributed by atoms with E-state index in [-0.39, 0.29) is 18.1 Å². The maximum atomic E-state index is 12.0. The molecule has 2 N–H and O–H groups in total. The SMILES string of the molecule is Cc1ccccc1OC[C@H](C)NC(=O)N[C@@H](C)c1nncn1C. The third kappa shape index (κ3) is 4.70. The summed E-state index contributed by atoms with van der Waals surface area (Å²) in [5.41, 5.74) is 1.07. The van der Waals surface area contributed by atoms with Crippen molar-refractivity contribution in [1.29, 1.82) is 0 Å². The van der Waals surface area contributed by atoms with Crippen molar-refractivity contribution in [2.75, 3.05) is 6.61 Å². The average molecular weight is 317 g/mol. The van der Waals surface area contributed by atoms with Crippen molar-refractivity contribution in [2.45, 2.75) is 32.9 Å². The van der Waals surface area contributed by atoms with Crippen LogP contribution in [0.25, 0.3) is 0 Å². The first-order valence-electron chi connectivity index (χ1n) is 7.56. The van der Waals surface area contributed by atoms with Gasteiger partial charge in [0, 0.05) is 7.05 Å². The number of hydrogen-bond acceptors (Lipinski definition) is 4. The Morgan fingerprint density at radius 1 is 1.30 bits per heavy atom. The van der Waals surface area contributed by atoms with Crippen LogP contribution in [0.4, 0.5) is 4.79 Å². The van der Waals surface area contributed by atoms with Gasteiger partial charge in [0.05, 0.1) is 12.1 Å².